The Hall–Kier alpha value is -3.76. The van der Waals surface area contributed by atoms with Crippen molar-refractivity contribution < 1.29 is 4.74 Å². The highest BCUT2D eigenvalue weighted by atomic mass is 16.5. The monoisotopic (exact) mass is 497 g/mol. The van der Waals surface area contributed by atoms with Crippen LogP contribution >= 0.6 is 0 Å². The van der Waals surface area contributed by atoms with Crippen LogP contribution in [0.3, 0.4) is 0 Å². The van der Waals surface area contributed by atoms with E-state index >= 15 is 0 Å². The molecule has 0 saturated carbocycles. The van der Waals surface area contributed by atoms with Crippen LogP contribution in [-0.2, 0) is 4.74 Å². The minimum absolute atomic E-state index is 0.221. The minimum Gasteiger partial charge on any atom is -0.378 e. The van der Waals surface area contributed by atoms with E-state index in [1.54, 1.807) is 0 Å². The first-order valence-corrected chi connectivity index (χ1v) is 13.0. The maximum Gasteiger partial charge on any atom is 0.159 e. The van der Waals surface area contributed by atoms with Crippen molar-refractivity contribution >= 4 is 33.8 Å². The van der Waals surface area contributed by atoms with Crippen LogP contribution in [-0.4, -0.2) is 107 Å². The smallest absolute Gasteiger partial charge is 0.159 e. The molecular formula is C27H31N9O. The number of imidazole rings is 1. The predicted octanol–water partition coefficient (Wildman–Crippen LogP) is 2.64. The number of benzene rings is 1. The maximum absolute atomic E-state index is 5.52. The second-order valence-electron chi connectivity index (χ2n) is 10.1. The van der Waals surface area contributed by atoms with Gasteiger partial charge in [-0.1, -0.05) is 12.1 Å². The number of pyridine rings is 1. The summed E-state index contributed by atoms with van der Waals surface area (Å²) in [5, 5.41) is 8.91. The van der Waals surface area contributed by atoms with Gasteiger partial charge < -0.3 is 24.4 Å². The first-order valence-electron chi connectivity index (χ1n) is 13.0. The molecule has 2 fully saturated rings. The highest BCUT2D eigenvalue weighted by Crippen LogP contribution is 2.33. The van der Waals surface area contributed by atoms with Gasteiger partial charge in [-0.2, -0.15) is 5.10 Å². The fourth-order valence-corrected chi connectivity index (χ4v) is 5.52. The fraction of sp³-hybridized carbons (Fsp3) is 0.407. The van der Waals surface area contributed by atoms with Crippen LogP contribution in [0, 0.1) is 0 Å². The van der Waals surface area contributed by atoms with E-state index < -0.39 is 0 Å². The van der Waals surface area contributed by atoms with Gasteiger partial charge in [0.25, 0.3) is 0 Å². The molecule has 1 atom stereocenters. The number of aromatic nitrogens is 5. The number of aliphatic imine (C=N–C) groups is 1. The van der Waals surface area contributed by atoms with Gasteiger partial charge in [0.05, 0.1) is 48.0 Å². The number of dihydropyridines is 1. The standard InChI is InChI=1S/C27H31N9O/c1-34-4-6-36(7-5-34)24-17-29-16-23-26(24)31-27(30-23)25-21-13-18(2-3-22(21)32-33-25)19-12-20(15-28-14-19)35-8-10-37-11-9-35/h2-3,12-13,15-17,19H,4-11,14H2,1H3,(H,30,31)(H,32,33). The van der Waals surface area contributed by atoms with Gasteiger partial charge in [0.2, 0.25) is 0 Å². The number of allylic oxidation sites excluding steroid dienone is 1. The number of morpholine rings is 1. The molecule has 4 aromatic rings. The average molecular weight is 498 g/mol. The number of rotatable bonds is 4. The van der Waals surface area contributed by atoms with E-state index in [9.17, 15) is 0 Å². The summed E-state index contributed by atoms with van der Waals surface area (Å²) in [6.45, 7) is 8.11. The normalized spacial score (nSPS) is 21.2. The lowest BCUT2D eigenvalue weighted by molar-refractivity contribution is 0.0564. The molecule has 0 spiro atoms. The van der Waals surface area contributed by atoms with E-state index in [1.807, 2.05) is 18.6 Å². The van der Waals surface area contributed by atoms with Gasteiger partial charge in [-0.05, 0) is 24.7 Å². The number of aromatic amines is 2. The number of likely N-dealkylation sites (N-methyl/N-ethyl adjacent to an activating group) is 1. The van der Waals surface area contributed by atoms with E-state index in [4.69, 9.17) is 14.7 Å². The molecule has 6 heterocycles. The number of hydrogen-bond acceptors (Lipinski definition) is 8. The van der Waals surface area contributed by atoms with Crippen molar-refractivity contribution in [1.29, 1.82) is 0 Å². The van der Waals surface area contributed by atoms with Crippen LogP contribution in [0.25, 0.3) is 33.5 Å². The molecule has 3 aliphatic rings. The van der Waals surface area contributed by atoms with E-state index in [1.165, 1.54) is 11.3 Å². The lowest BCUT2D eigenvalue weighted by Crippen LogP contribution is -2.44. The molecule has 3 aromatic heterocycles. The molecule has 0 bridgehead atoms. The molecule has 0 amide bonds. The Kier molecular flexibility index (Phi) is 5.63. The third kappa shape index (κ3) is 4.15. The van der Waals surface area contributed by atoms with Crippen LogP contribution in [0.4, 0.5) is 5.69 Å². The van der Waals surface area contributed by atoms with Crippen LogP contribution in [0.15, 0.2) is 47.4 Å². The zero-order valence-electron chi connectivity index (χ0n) is 21.0. The maximum atomic E-state index is 5.52. The lowest BCUT2D eigenvalue weighted by Gasteiger charge is -2.33. The van der Waals surface area contributed by atoms with Crippen molar-refractivity contribution in [1.82, 2.24) is 34.9 Å². The summed E-state index contributed by atoms with van der Waals surface area (Å²) >= 11 is 0. The highest BCUT2D eigenvalue weighted by molar-refractivity contribution is 5.96. The predicted molar refractivity (Wildman–Crippen MR) is 145 cm³/mol. The largest absolute Gasteiger partial charge is 0.378 e. The van der Waals surface area contributed by atoms with Crippen molar-refractivity contribution in [2.24, 2.45) is 4.99 Å². The summed E-state index contributed by atoms with van der Waals surface area (Å²) in [4.78, 5) is 24.8. The van der Waals surface area contributed by atoms with Crippen molar-refractivity contribution in [2.75, 3.05) is 71.0 Å². The van der Waals surface area contributed by atoms with Crippen molar-refractivity contribution in [3.63, 3.8) is 0 Å². The third-order valence-electron chi connectivity index (χ3n) is 7.73. The van der Waals surface area contributed by atoms with Crippen molar-refractivity contribution in [2.45, 2.75) is 5.92 Å². The topological polar surface area (TPSA) is 102 Å². The summed E-state index contributed by atoms with van der Waals surface area (Å²) in [5.74, 6) is 0.978. The SMILES string of the molecule is CN1CCN(c2cncc3[nH]c(-c4n[nH]c5ccc(C6C=C(N7CCOCC7)C=NC6)cc45)nc23)CC1. The molecule has 37 heavy (non-hydrogen) atoms. The summed E-state index contributed by atoms with van der Waals surface area (Å²) in [6, 6.07) is 6.53. The third-order valence-corrected chi connectivity index (χ3v) is 7.73. The number of ether oxygens (including phenoxy) is 1. The van der Waals surface area contributed by atoms with E-state index in [0.717, 1.165) is 98.2 Å². The number of piperazine rings is 1. The van der Waals surface area contributed by atoms with Crippen LogP contribution in [0.5, 0.6) is 0 Å². The summed E-state index contributed by atoms with van der Waals surface area (Å²) in [6.07, 6.45) is 8.13. The molecule has 10 heteroatoms. The number of H-pyrrole nitrogens is 2. The Balaban J connectivity index is 1.23. The highest BCUT2D eigenvalue weighted by Gasteiger charge is 2.22. The van der Waals surface area contributed by atoms with Crippen molar-refractivity contribution in [3.8, 4) is 11.5 Å². The van der Waals surface area contributed by atoms with E-state index in [0.29, 0.717) is 0 Å². The Labute approximate surface area is 215 Å². The molecule has 0 aliphatic carbocycles. The Bertz CT molecular complexity index is 1490. The van der Waals surface area contributed by atoms with E-state index in [2.05, 4.69) is 66.2 Å². The quantitative estimate of drug-likeness (QED) is 0.447. The Morgan fingerprint density at radius 3 is 2.70 bits per heavy atom. The summed E-state index contributed by atoms with van der Waals surface area (Å²) < 4.78 is 5.52. The molecule has 190 valence electrons. The molecule has 7 rings (SSSR count). The molecular weight excluding hydrogens is 466 g/mol. The van der Waals surface area contributed by atoms with Gasteiger partial charge in [0, 0.05) is 63.3 Å². The first-order chi connectivity index (χ1) is 18.2. The molecule has 10 nitrogen and oxygen atoms in total. The lowest BCUT2D eigenvalue weighted by atomic mass is 9.94. The number of nitrogens with zero attached hydrogens (tertiary/aromatic N) is 7. The van der Waals surface area contributed by atoms with Gasteiger partial charge in [-0.25, -0.2) is 4.98 Å². The summed E-state index contributed by atoms with van der Waals surface area (Å²) in [7, 11) is 2.17. The zero-order chi connectivity index (χ0) is 24.8. The number of anilines is 1. The Morgan fingerprint density at radius 1 is 0.973 bits per heavy atom. The van der Waals surface area contributed by atoms with Gasteiger partial charge >= 0.3 is 0 Å². The molecule has 2 N–H and O–H groups in total. The number of hydrogen-bond donors (Lipinski definition) is 2. The molecule has 1 aromatic carbocycles. The van der Waals surface area contributed by atoms with Crippen LogP contribution in [0.2, 0.25) is 0 Å². The van der Waals surface area contributed by atoms with Crippen LogP contribution in [0.1, 0.15) is 11.5 Å². The average Bonchev–Trinajstić information content (AvgIpc) is 3.58. The molecule has 3 aliphatic heterocycles. The fourth-order valence-electron chi connectivity index (χ4n) is 5.52. The van der Waals surface area contributed by atoms with Crippen molar-refractivity contribution in [3.05, 3.63) is 47.9 Å². The van der Waals surface area contributed by atoms with Gasteiger partial charge in [-0.15, -0.1) is 0 Å². The van der Waals surface area contributed by atoms with Gasteiger partial charge in [0.1, 0.15) is 11.2 Å². The second-order valence-corrected chi connectivity index (χ2v) is 10.1. The second kappa shape index (κ2) is 9.28. The molecule has 0 radical (unpaired) electrons. The summed E-state index contributed by atoms with van der Waals surface area (Å²) in [5.41, 5.74) is 7.19. The number of nitrogens with one attached hydrogen (secondary N) is 2. The van der Waals surface area contributed by atoms with Gasteiger partial charge in [-0.3, -0.25) is 15.1 Å². The molecule has 2 saturated heterocycles. The Morgan fingerprint density at radius 2 is 1.84 bits per heavy atom. The number of fused-ring (bicyclic) bond motifs is 2. The van der Waals surface area contributed by atoms with Crippen LogP contribution < -0.4 is 4.90 Å². The zero-order valence-corrected chi connectivity index (χ0v) is 21.0. The first kappa shape index (κ1) is 22.4. The minimum atomic E-state index is 0.221. The van der Waals surface area contributed by atoms with Gasteiger partial charge in [0.15, 0.2) is 5.82 Å². The molecule has 1 unspecified atom stereocenters. The van der Waals surface area contributed by atoms with E-state index in [-0.39, 0.29) is 5.92 Å².